The van der Waals surface area contributed by atoms with Gasteiger partial charge in [-0.2, -0.15) is 0 Å². The van der Waals surface area contributed by atoms with E-state index in [-0.39, 0.29) is 0 Å². The molecule has 0 unspecified atom stereocenters. The number of hydrogen-bond acceptors (Lipinski definition) is 6. The van der Waals surface area contributed by atoms with Crippen molar-refractivity contribution in [3.05, 3.63) is 21.9 Å². The van der Waals surface area contributed by atoms with E-state index in [4.69, 9.17) is 5.14 Å². The second-order valence-corrected chi connectivity index (χ2v) is 4.50. The van der Waals surface area contributed by atoms with Crippen LogP contribution >= 0.6 is 0 Å². The average Bonchev–Trinajstić information content (AvgIpc) is 2.25. The van der Waals surface area contributed by atoms with Gasteiger partial charge in [-0.1, -0.05) is 0 Å². The van der Waals surface area contributed by atoms with Crippen molar-refractivity contribution in [3.63, 3.8) is 0 Å². The Labute approximate surface area is 99.6 Å². The first-order valence-corrected chi connectivity index (χ1v) is 5.77. The van der Waals surface area contributed by atoms with Gasteiger partial charge in [0.2, 0.25) is 20.6 Å². The second kappa shape index (κ2) is 4.78. The van der Waals surface area contributed by atoms with Crippen LogP contribution in [0.15, 0.2) is 11.0 Å². The minimum Gasteiger partial charge on any atom is -0.495 e. The van der Waals surface area contributed by atoms with Gasteiger partial charge < -0.3 is 14.9 Å². The summed E-state index contributed by atoms with van der Waals surface area (Å²) in [4.78, 5) is 11.3. The van der Waals surface area contributed by atoms with Gasteiger partial charge >= 0.3 is 12.2 Å². The highest BCUT2D eigenvalue weighted by Gasteiger charge is 2.33. The zero-order valence-corrected chi connectivity index (χ0v) is 9.65. The monoisotopic (exact) mass is 283 g/mol. The Bertz CT molecular complexity index is 589. The molecule has 1 aromatic rings. The van der Waals surface area contributed by atoms with Gasteiger partial charge in [0.05, 0.1) is 7.11 Å². The van der Waals surface area contributed by atoms with Gasteiger partial charge in [-0.05, 0) is 9.91 Å². The normalized spacial score (nSPS) is 11.6. The predicted molar refractivity (Wildman–Crippen MR) is 53.8 cm³/mol. The molecule has 0 aliphatic carbocycles. The summed E-state index contributed by atoms with van der Waals surface area (Å²) < 4.78 is 51.8. The molecular formula is C7H7F2N3O5S. The Morgan fingerprint density at radius 3 is 2.44 bits per heavy atom. The minimum atomic E-state index is -4.54. The molecule has 1 rings (SSSR count). The molecule has 18 heavy (non-hydrogen) atoms. The van der Waals surface area contributed by atoms with E-state index in [1.165, 1.54) is 0 Å². The number of ether oxygens (including phenoxy) is 1. The molecule has 0 amide bonds. The summed E-state index contributed by atoms with van der Waals surface area (Å²) in [5, 5.41) is 15.4. The van der Waals surface area contributed by atoms with Crippen molar-refractivity contribution in [1.29, 1.82) is 0 Å². The zero-order valence-electron chi connectivity index (χ0n) is 8.83. The van der Waals surface area contributed by atoms with Gasteiger partial charge in [0, 0.05) is 6.07 Å². The molecule has 2 N–H and O–H groups in total. The first-order chi connectivity index (χ1) is 8.18. The lowest BCUT2D eigenvalue weighted by Gasteiger charge is -2.07. The number of rotatable bonds is 4. The summed E-state index contributed by atoms with van der Waals surface area (Å²) in [7, 11) is -3.58. The van der Waals surface area contributed by atoms with Crippen LogP contribution in [0, 0.1) is 10.1 Å². The van der Waals surface area contributed by atoms with Crippen molar-refractivity contribution in [2.75, 3.05) is 7.11 Å². The molecular weight excluding hydrogens is 276 g/mol. The van der Waals surface area contributed by atoms with E-state index in [0.717, 1.165) is 7.11 Å². The van der Waals surface area contributed by atoms with Crippen LogP contribution in [0.1, 0.15) is 12.1 Å². The third-order valence-electron chi connectivity index (χ3n) is 1.84. The summed E-state index contributed by atoms with van der Waals surface area (Å²) in [5.41, 5.74) is -0.981. The molecule has 0 bridgehead atoms. The van der Waals surface area contributed by atoms with E-state index < -0.39 is 43.5 Å². The van der Waals surface area contributed by atoms with Crippen molar-refractivity contribution in [2.45, 2.75) is 11.3 Å². The van der Waals surface area contributed by atoms with Gasteiger partial charge in [0.15, 0.2) is 5.75 Å². The first kappa shape index (κ1) is 14.2. The highest BCUT2D eigenvalue weighted by molar-refractivity contribution is 7.89. The third-order valence-corrected chi connectivity index (χ3v) is 2.79. The molecule has 0 spiro atoms. The molecule has 1 heterocycles. The van der Waals surface area contributed by atoms with E-state index >= 15 is 0 Å². The van der Waals surface area contributed by atoms with Gasteiger partial charge in [-0.25, -0.2) is 22.3 Å². The van der Waals surface area contributed by atoms with Crippen LogP contribution < -0.4 is 9.88 Å². The van der Waals surface area contributed by atoms with E-state index in [2.05, 4.69) is 9.72 Å². The molecule has 100 valence electrons. The summed E-state index contributed by atoms with van der Waals surface area (Å²) in [6.45, 7) is 0. The van der Waals surface area contributed by atoms with E-state index in [1.807, 2.05) is 0 Å². The first-order valence-electron chi connectivity index (χ1n) is 4.22. The van der Waals surface area contributed by atoms with Crippen molar-refractivity contribution in [2.24, 2.45) is 5.14 Å². The number of nitrogens with zero attached hydrogens (tertiary/aromatic N) is 2. The number of methoxy groups -OCH3 is 1. The van der Waals surface area contributed by atoms with E-state index in [1.54, 1.807) is 0 Å². The highest BCUT2D eigenvalue weighted by Crippen LogP contribution is 2.33. The molecule has 8 nitrogen and oxygen atoms in total. The molecule has 0 saturated carbocycles. The van der Waals surface area contributed by atoms with Gasteiger partial charge in [-0.15, -0.1) is 0 Å². The molecule has 0 fully saturated rings. The van der Waals surface area contributed by atoms with Gasteiger partial charge in [-0.3, -0.25) is 0 Å². The van der Waals surface area contributed by atoms with Crippen molar-refractivity contribution < 1.29 is 26.9 Å². The number of aromatic nitrogens is 1. The quantitative estimate of drug-likeness (QED) is 0.636. The number of halogens is 2. The fourth-order valence-corrected chi connectivity index (χ4v) is 1.97. The maximum absolute atomic E-state index is 12.4. The number of sulfonamides is 1. The Hall–Kier alpha value is -1.88. The molecule has 0 aromatic carbocycles. The number of nitro groups is 1. The van der Waals surface area contributed by atoms with Crippen molar-refractivity contribution in [1.82, 2.24) is 4.98 Å². The SMILES string of the molecule is COc1cc(C(F)F)nc([N+](=O)[O-])c1S(N)(=O)=O. The molecule has 11 heteroatoms. The van der Waals surface area contributed by atoms with Gasteiger partial charge in [0.25, 0.3) is 0 Å². The summed E-state index contributed by atoms with van der Waals surface area (Å²) in [6, 6.07) is 0.581. The van der Waals surface area contributed by atoms with Crippen molar-refractivity contribution in [3.8, 4) is 5.75 Å². The second-order valence-electron chi connectivity index (χ2n) is 3.00. The van der Waals surface area contributed by atoms with E-state index in [9.17, 15) is 27.3 Å². The molecule has 0 atom stereocenters. The fraction of sp³-hybridized carbons (Fsp3) is 0.286. The Morgan fingerprint density at radius 1 is 1.56 bits per heavy atom. The maximum atomic E-state index is 12.4. The highest BCUT2D eigenvalue weighted by atomic mass is 32.2. The van der Waals surface area contributed by atoms with Crippen LogP contribution in [0.5, 0.6) is 5.75 Å². The average molecular weight is 283 g/mol. The molecule has 0 radical (unpaired) electrons. The number of hydrogen-bond donors (Lipinski definition) is 1. The number of primary sulfonamides is 1. The van der Waals surface area contributed by atoms with Crippen LogP contribution in [-0.2, 0) is 10.0 Å². The van der Waals surface area contributed by atoms with Gasteiger partial charge in [0.1, 0.15) is 0 Å². The number of alkyl halides is 2. The third kappa shape index (κ3) is 2.68. The van der Waals surface area contributed by atoms with Crippen LogP contribution in [0.4, 0.5) is 14.6 Å². The summed E-state index contributed by atoms with van der Waals surface area (Å²) in [6.07, 6.45) is -3.12. The smallest absolute Gasteiger partial charge is 0.388 e. The number of nitrogens with two attached hydrogens (primary N) is 1. The van der Waals surface area contributed by atoms with Crippen LogP contribution in [-0.4, -0.2) is 25.4 Å². The number of pyridine rings is 1. The zero-order chi connectivity index (χ0) is 14.1. The molecule has 0 saturated heterocycles. The Morgan fingerprint density at radius 2 is 2.11 bits per heavy atom. The van der Waals surface area contributed by atoms with E-state index in [0.29, 0.717) is 6.07 Å². The molecule has 0 aliphatic rings. The van der Waals surface area contributed by atoms with Crippen LogP contribution in [0.25, 0.3) is 0 Å². The Kier molecular flexibility index (Phi) is 3.76. The maximum Gasteiger partial charge on any atom is 0.388 e. The topological polar surface area (TPSA) is 125 Å². The largest absolute Gasteiger partial charge is 0.495 e. The predicted octanol–water partition coefficient (Wildman–Crippen LogP) is 0.583. The molecule has 0 aliphatic heterocycles. The lowest BCUT2D eigenvalue weighted by Crippen LogP contribution is -2.17. The van der Waals surface area contributed by atoms with Crippen molar-refractivity contribution >= 4 is 15.8 Å². The lowest BCUT2D eigenvalue weighted by atomic mass is 10.3. The van der Waals surface area contributed by atoms with Crippen LogP contribution in [0.2, 0.25) is 0 Å². The van der Waals surface area contributed by atoms with Crippen LogP contribution in [0.3, 0.4) is 0 Å². The lowest BCUT2D eigenvalue weighted by molar-refractivity contribution is -0.392. The fourth-order valence-electron chi connectivity index (χ4n) is 1.17. The standard InChI is InChI=1S/C7H7F2N3O5S/c1-17-4-2-3(6(8)9)11-7(12(13)14)5(4)18(10,15)16/h2,6H,1H3,(H2,10,15,16). The minimum absolute atomic E-state index is 0.581. The Balaban J connectivity index is 3.73. The summed E-state index contributed by atoms with van der Waals surface area (Å²) >= 11 is 0. The summed E-state index contributed by atoms with van der Waals surface area (Å²) in [5.74, 6) is -1.96. The molecule has 1 aromatic heterocycles.